The van der Waals surface area contributed by atoms with Crippen molar-refractivity contribution in [1.29, 1.82) is 0 Å². The van der Waals surface area contributed by atoms with Crippen LogP contribution in [0.3, 0.4) is 0 Å². The first-order valence-corrected chi connectivity index (χ1v) is 8.86. The van der Waals surface area contributed by atoms with Crippen LogP contribution in [0.5, 0.6) is 11.5 Å². The van der Waals surface area contributed by atoms with Gasteiger partial charge in [-0.15, -0.1) is 0 Å². The molecule has 25 heavy (non-hydrogen) atoms. The Balaban J connectivity index is 1.43. The monoisotopic (exact) mass is 347 g/mol. The highest BCUT2D eigenvalue weighted by Crippen LogP contribution is 2.32. The summed E-state index contributed by atoms with van der Waals surface area (Å²) in [6.07, 6.45) is 3.47. The second-order valence-electron chi connectivity index (χ2n) is 6.36. The Kier molecular flexibility index (Phi) is 5.75. The summed E-state index contributed by atoms with van der Waals surface area (Å²) in [5, 5.41) is 5.56. The third kappa shape index (κ3) is 4.42. The third-order valence-electron chi connectivity index (χ3n) is 4.71. The average molecular weight is 347 g/mol. The van der Waals surface area contributed by atoms with Gasteiger partial charge in [0.25, 0.3) is 5.91 Å². The molecule has 0 bridgehead atoms. The van der Waals surface area contributed by atoms with E-state index in [9.17, 15) is 9.59 Å². The van der Waals surface area contributed by atoms with Gasteiger partial charge in [0, 0.05) is 18.2 Å². The number of nitrogens with one attached hydrogen (secondary N) is 2. The standard InChI is InChI=1S/C18H25N3O4/c1-2-14(21-7-3-4-8-21)10-19-17(22)11-20-18(23)13-5-6-15-16(9-13)25-12-24-15/h5-6,9,14H,2-4,7-8,10-12H2,1H3,(H,19,22)(H,20,23). The molecule has 1 fully saturated rings. The van der Waals surface area contributed by atoms with Crippen molar-refractivity contribution in [2.24, 2.45) is 0 Å². The number of fused-ring (bicyclic) bond motifs is 1. The molecule has 0 spiro atoms. The smallest absolute Gasteiger partial charge is 0.251 e. The summed E-state index contributed by atoms with van der Waals surface area (Å²) in [6.45, 7) is 5.10. The summed E-state index contributed by atoms with van der Waals surface area (Å²) < 4.78 is 10.5. The van der Waals surface area contributed by atoms with Crippen LogP contribution in [0.15, 0.2) is 18.2 Å². The van der Waals surface area contributed by atoms with E-state index in [1.807, 2.05) is 0 Å². The Morgan fingerprint density at radius 3 is 2.68 bits per heavy atom. The number of rotatable bonds is 7. The molecule has 2 N–H and O–H groups in total. The predicted octanol–water partition coefficient (Wildman–Crippen LogP) is 1.14. The molecule has 0 radical (unpaired) electrons. The van der Waals surface area contributed by atoms with Gasteiger partial charge >= 0.3 is 0 Å². The van der Waals surface area contributed by atoms with Crippen molar-refractivity contribution in [3.8, 4) is 11.5 Å². The van der Waals surface area contributed by atoms with E-state index in [4.69, 9.17) is 9.47 Å². The summed E-state index contributed by atoms with van der Waals surface area (Å²) in [4.78, 5) is 26.6. The Bertz CT molecular complexity index is 629. The second kappa shape index (κ2) is 8.20. The summed E-state index contributed by atoms with van der Waals surface area (Å²) >= 11 is 0. The van der Waals surface area contributed by atoms with Crippen LogP contribution in [0, 0.1) is 0 Å². The molecule has 0 aliphatic carbocycles. The van der Waals surface area contributed by atoms with Gasteiger partial charge < -0.3 is 20.1 Å². The molecule has 2 aliphatic rings. The van der Waals surface area contributed by atoms with Gasteiger partial charge in [-0.1, -0.05) is 6.92 Å². The molecule has 2 heterocycles. The summed E-state index contributed by atoms with van der Waals surface area (Å²) in [6, 6.07) is 5.34. The lowest BCUT2D eigenvalue weighted by molar-refractivity contribution is -0.120. The lowest BCUT2D eigenvalue weighted by Crippen LogP contribution is -2.45. The molecule has 1 aromatic rings. The third-order valence-corrected chi connectivity index (χ3v) is 4.71. The number of hydrogen-bond donors (Lipinski definition) is 2. The normalized spacial score (nSPS) is 17.3. The Morgan fingerprint density at radius 1 is 1.16 bits per heavy atom. The van der Waals surface area contributed by atoms with Gasteiger partial charge in [0.1, 0.15) is 0 Å². The molecule has 7 nitrogen and oxygen atoms in total. The van der Waals surface area contributed by atoms with E-state index in [1.165, 1.54) is 12.8 Å². The first-order valence-electron chi connectivity index (χ1n) is 8.86. The van der Waals surface area contributed by atoms with Crippen molar-refractivity contribution in [3.63, 3.8) is 0 Å². The van der Waals surface area contributed by atoms with Crippen LogP contribution in [0.1, 0.15) is 36.5 Å². The highest BCUT2D eigenvalue weighted by Gasteiger charge is 2.21. The zero-order valence-corrected chi connectivity index (χ0v) is 14.5. The van der Waals surface area contributed by atoms with E-state index in [2.05, 4.69) is 22.5 Å². The molecule has 2 amide bonds. The fraction of sp³-hybridized carbons (Fsp3) is 0.556. The minimum Gasteiger partial charge on any atom is -0.454 e. The van der Waals surface area contributed by atoms with Crippen LogP contribution < -0.4 is 20.1 Å². The quantitative estimate of drug-likeness (QED) is 0.773. The highest BCUT2D eigenvalue weighted by molar-refractivity contribution is 5.97. The van der Waals surface area contributed by atoms with E-state index in [0.29, 0.717) is 29.6 Å². The summed E-state index contributed by atoms with van der Waals surface area (Å²) in [5.41, 5.74) is 0.445. The van der Waals surface area contributed by atoms with E-state index < -0.39 is 0 Å². The molecule has 2 aliphatic heterocycles. The lowest BCUT2D eigenvalue weighted by atomic mass is 10.2. The Hall–Kier alpha value is -2.28. The number of nitrogens with zero attached hydrogens (tertiary/aromatic N) is 1. The van der Waals surface area contributed by atoms with Crippen LogP contribution in [0.25, 0.3) is 0 Å². The van der Waals surface area contributed by atoms with Crippen molar-refractivity contribution >= 4 is 11.8 Å². The van der Waals surface area contributed by atoms with Crippen LogP contribution in [0.4, 0.5) is 0 Å². The molecule has 7 heteroatoms. The highest BCUT2D eigenvalue weighted by atomic mass is 16.7. The predicted molar refractivity (Wildman–Crippen MR) is 92.8 cm³/mol. The second-order valence-corrected chi connectivity index (χ2v) is 6.36. The zero-order valence-electron chi connectivity index (χ0n) is 14.5. The van der Waals surface area contributed by atoms with Gasteiger partial charge in [0.15, 0.2) is 11.5 Å². The maximum atomic E-state index is 12.2. The summed E-state index contributed by atoms with van der Waals surface area (Å²) in [7, 11) is 0. The largest absolute Gasteiger partial charge is 0.454 e. The number of likely N-dealkylation sites (tertiary alicyclic amines) is 1. The molecule has 1 aromatic carbocycles. The number of benzene rings is 1. The van der Waals surface area contributed by atoms with Crippen molar-refractivity contribution < 1.29 is 19.1 Å². The Labute approximate surface area is 147 Å². The van der Waals surface area contributed by atoms with Crippen LogP contribution in [-0.4, -0.2) is 55.7 Å². The molecular weight excluding hydrogens is 322 g/mol. The average Bonchev–Trinajstić information content (AvgIpc) is 3.31. The van der Waals surface area contributed by atoms with Crippen molar-refractivity contribution in [2.75, 3.05) is 33.0 Å². The van der Waals surface area contributed by atoms with E-state index in [-0.39, 0.29) is 25.2 Å². The van der Waals surface area contributed by atoms with Crippen molar-refractivity contribution in [3.05, 3.63) is 23.8 Å². The van der Waals surface area contributed by atoms with Crippen molar-refractivity contribution in [2.45, 2.75) is 32.2 Å². The van der Waals surface area contributed by atoms with Gasteiger partial charge in [-0.05, 0) is 50.6 Å². The van der Waals surface area contributed by atoms with E-state index in [1.54, 1.807) is 18.2 Å². The molecule has 0 aromatic heterocycles. The van der Waals surface area contributed by atoms with E-state index >= 15 is 0 Å². The molecule has 136 valence electrons. The topological polar surface area (TPSA) is 79.9 Å². The fourth-order valence-electron chi connectivity index (χ4n) is 3.23. The minimum absolute atomic E-state index is 0.0380. The number of carbonyl (C=O) groups is 2. The van der Waals surface area contributed by atoms with Gasteiger partial charge in [0.2, 0.25) is 12.7 Å². The molecule has 1 atom stereocenters. The minimum atomic E-state index is -0.306. The van der Waals surface area contributed by atoms with Crippen LogP contribution >= 0.6 is 0 Å². The van der Waals surface area contributed by atoms with Crippen LogP contribution in [-0.2, 0) is 4.79 Å². The first-order chi connectivity index (χ1) is 12.2. The molecule has 3 rings (SSSR count). The first kappa shape index (κ1) is 17.5. The SMILES string of the molecule is CCC(CNC(=O)CNC(=O)c1ccc2c(c1)OCO2)N1CCCC1. The molecule has 1 unspecified atom stereocenters. The Morgan fingerprint density at radius 2 is 1.92 bits per heavy atom. The van der Waals surface area contributed by atoms with Crippen molar-refractivity contribution in [1.82, 2.24) is 15.5 Å². The van der Waals surface area contributed by atoms with Gasteiger partial charge in [0.05, 0.1) is 6.54 Å². The van der Waals surface area contributed by atoms with Gasteiger partial charge in [-0.3, -0.25) is 14.5 Å². The molecule has 1 saturated heterocycles. The van der Waals surface area contributed by atoms with Gasteiger partial charge in [-0.25, -0.2) is 0 Å². The van der Waals surface area contributed by atoms with Gasteiger partial charge in [-0.2, -0.15) is 0 Å². The number of ether oxygens (including phenoxy) is 2. The number of hydrogen-bond acceptors (Lipinski definition) is 5. The maximum absolute atomic E-state index is 12.2. The maximum Gasteiger partial charge on any atom is 0.251 e. The summed E-state index contributed by atoms with van der Waals surface area (Å²) in [5.74, 6) is 0.696. The van der Waals surface area contributed by atoms with E-state index in [0.717, 1.165) is 19.5 Å². The number of amides is 2. The lowest BCUT2D eigenvalue weighted by Gasteiger charge is -2.26. The number of carbonyl (C=O) groups excluding carboxylic acids is 2. The zero-order chi connectivity index (χ0) is 17.6. The fourth-order valence-corrected chi connectivity index (χ4v) is 3.23. The van der Waals surface area contributed by atoms with Crippen LogP contribution in [0.2, 0.25) is 0 Å². The molecular formula is C18H25N3O4. The molecule has 0 saturated carbocycles.